The largest absolute Gasteiger partial charge is 0.497 e. The molecule has 0 aliphatic carbocycles. The van der Waals surface area contributed by atoms with Crippen LogP contribution in [0.2, 0.25) is 0 Å². The van der Waals surface area contributed by atoms with Crippen LogP contribution < -0.4 is 9.47 Å². The minimum Gasteiger partial charge on any atom is -0.497 e. The highest BCUT2D eigenvalue weighted by atomic mass is 32.2. The highest BCUT2D eigenvalue weighted by Gasteiger charge is 2.15. The minimum atomic E-state index is 0.484. The van der Waals surface area contributed by atoms with Crippen molar-refractivity contribution in [3.8, 4) is 28.6 Å². The number of benzene rings is 2. The van der Waals surface area contributed by atoms with E-state index in [9.17, 15) is 0 Å². The summed E-state index contributed by atoms with van der Waals surface area (Å²) in [6.45, 7) is 4.50. The number of thioether (sulfide) groups is 1. The summed E-state index contributed by atoms with van der Waals surface area (Å²) >= 11 is 1.49. The minimum absolute atomic E-state index is 0.484. The van der Waals surface area contributed by atoms with Crippen LogP contribution in [0.25, 0.3) is 17.1 Å². The average molecular weight is 423 g/mol. The van der Waals surface area contributed by atoms with Gasteiger partial charge in [-0.3, -0.25) is 4.57 Å². The molecular formula is C21H21N5O3S. The molecule has 9 heteroatoms. The van der Waals surface area contributed by atoms with E-state index in [4.69, 9.17) is 14.0 Å². The summed E-state index contributed by atoms with van der Waals surface area (Å²) in [6, 6.07) is 15.4. The fourth-order valence-electron chi connectivity index (χ4n) is 2.89. The van der Waals surface area contributed by atoms with Crippen LogP contribution in [0.15, 0.2) is 58.2 Å². The van der Waals surface area contributed by atoms with Crippen molar-refractivity contribution in [2.24, 2.45) is 0 Å². The first-order valence-corrected chi connectivity index (χ1v) is 10.4. The van der Waals surface area contributed by atoms with E-state index in [1.165, 1.54) is 11.8 Å². The van der Waals surface area contributed by atoms with Crippen LogP contribution in [0.5, 0.6) is 11.5 Å². The Morgan fingerprint density at radius 3 is 2.43 bits per heavy atom. The molecule has 0 aliphatic heterocycles. The molecule has 0 radical (unpaired) electrons. The van der Waals surface area contributed by atoms with Crippen molar-refractivity contribution in [3.05, 3.63) is 60.2 Å². The smallest absolute Gasteiger partial charge is 0.237 e. The fraction of sp³-hybridized carbons (Fsp3) is 0.238. The van der Waals surface area contributed by atoms with Gasteiger partial charge in [-0.1, -0.05) is 16.9 Å². The quantitative estimate of drug-likeness (QED) is 0.387. The SMILES string of the molecule is CCOc1ccc(-c2noc(CSc3nnc(C)n3-c3ccc(OC)cc3)n2)cc1. The average Bonchev–Trinajstić information content (AvgIpc) is 3.40. The first-order valence-electron chi connectivity index (χ1n) is 9.43. The monoisotopic (exact) mass is 423 g/mol. The van der Waals surface area contributed by atoms with Crippen LogP contribution in [0.1, 0.15) is 18.6 Å². The van der Waals surface area contributed by atoms with Crippen molar-refractivity contribution >= 4 is 11.8 Å². The topological polar surface area (TPSA) is 88.1 Å². The highest BCUT2D eigenvalue weighted by molar-refractivity contribution is 7.98. The molecule has 0 amide bonds. The van der Waals surface area contributed by atoms with Crippen molar-refractivity contribution < 1.29 is 14.0 Å². The maximum Gasteiger partial charge on any atom is 0.237 e. The maximum absolute atomic E-state index is 5.46. The Morgan fingerprint density at radius 1 is 1.00 bits per heavy atom. The Labute approximate surface area is 178 Å². The van der Waals surface area contributed by atoms with Gasteiger partial charge in [-0.15, -0.1) is 10.2 Å². The van der Waals surface area contributed by atoms with Crippen LogP contribution in [-0.4, -0.2) is 38.6 Å². The van der Waals surface area contributed by atoms with Crippen molar-refractivity contribution in [1.29, 1.82) is 0 Å². The van der Waals surface area contributed by atoms with Gasteiger partial charge in [-0.2, -0.15) is 4.98 Å². The number of nitrogens with zero attached hydrogens (tertiary/aromatic N) is 5. The molecular weight excluding hydrogens is 402 g/mol. The van der Waals surface area contributed by atoms with Gasteiger partial charge in [0.05, 0.1) is 19.5 Å². The third-order valence-corrected chi connectivity index (χ3v) is 5.26. The number of aromatic nitrogens is 5. The first-order chi connectivity index (χ1) is 14.7. The molecule has 2 aromatic carbocycles. The molecule has 0 atom stereocenters. The lowest BCUT2D eigenvalue weighted by Crippen LogP contribution is -1.99. The third-order valence-electron chi connectivity index (χ3n) is 4.34. The molecule has 2 aromatic heterocycles. The van der Waals surface area contributed by atoms with E-state index in [1.807, 2.05) is 66.9 Å². The predicted molar refractivity (Wildman–Crippen MR) is 113 cm³/mol. The van der Waals surface area contributed by atoms with Crippen molar-refractivity contribution in [3.63, 3.8) is 0 Å². The molecule has 0 fully saturated rings. The molecule has 0 saturated heterocycles. The Bertz CT molecular complexity index is 1110. The van der Waals surface area contributed by atoms with Crippen LogP contribution in [0.4, 0.5) is 0 Å². The van der Waals surface area contributed by atoms with Crippen LogP contribution >= 0.6 is 11.8 Å². The van der Waals surface area contributed by atoms with Gasteiger partial charge in [-0.05, 0) is 62.4 Å². The summed E-state index contributed by atoms with van der Waals surface area (Å²) in [7, 11) is 1.65. The van der Waals surface area contributed by atoms with Crippen LogP contribution in [0, 0.1) is 6.92 Å². The summed E-state index contributed by atoms with van der Waals surface area (Å²) < 4.78 is 18.1. The number of rotatable bonds is 8. The Morgan fingerprint density at radius 2 is 1.73 bits per heavy atom. The van der Waals surface area contributed by atoms with E-state index in [2.05, 4.69) is 20.3 Å². The zero-order valence-electron chi connectivity index (χ0n) is 16.9. The van der Waals surface area contributed by atoms with Gasteiger partial charge in [0.25, 0.3) is 0 Å². The molecule has 0 aliphatic rings. The lowest BCUT2D eigenvalue weighted by atomic mass is 10.2. The van der Waals surface area contributed by atoms with Crippen molar-refractivity contribution in [1.82, 2.24) is 24.9 Å². The van der Waals surface area contributed by atoms with Crippen LogP contribution in [0.3, 0.4) is 0 Å². The highest BCUT2D eigenvalue weighted by Crippen LogP contribution is 2.27. The molecule has 0 spiro atoms. The van der Waals surface area contributed by atoms with E-state index in [-0.39, 0.29) is 0 Å². The number of methoxy groups -OCH3 is 1. The lowest BCUT2D eigenvalue weighted by Gasteiger charge is -2.08. The van der Waals surface area contributed by atoms with Crippen molar-refractivity contribution in [2.45, 2.75) is 24.8 Å². The molecule has 4 aromatic rings. The zero-order chi connectivity index (χ0) is 20.9. The lowest BCUT2D eigenvalue weighted by molar-refractivity contribution is 0.340. The Hall–Kier alpha value is -3.33. The molecule has 0 saturated carbocycles. The summed E-state index contributed by atoms with van der Waals surface area (Å²) in [5.41, 5.74) is 1.83. The van der Waals surface area contributed by atoms with Crippen molar-refractivity contribution in [2.75, 3.05) is 13.7 Å². The molecule has 0 N–H and O–H groups in total. The normalized spacial score (nSPS) is 10.9. The number of hydrogen-bond acceptors (Lipinski definition) is 8. The van der Waals surface area contributed by atoms with Gasteiger partial charge in [0.15, 0.2) is 5.16 Å². The third kappa shape index (κ3) is 4.30. The summed E-state index contributed by atoms with van der Waals surface area (Å²) in [5, 5.41) is 13.3. The molecule has 8 nitrogen and oxygen atoms in total. The maximum atomic E-state index is 5.46. The number of aryl methyl sites for hydroxylation is 1. The molecule has 154 valence electrons. The van der Waals surface area contributed by atoms with Gasteiger partial charge in [0.1, 0.15) is 17.3 Å². The summed E-state index contributed by atoms with van der Waals surface area (Å²) in [6.07, 6.45) is 0. The second-order valence-corrected chi connectivity index (χ2v) is 7.26. The van der Waals surface area contributed by atoms with Gasteiger partial charge < -0.3 is 14.0 Å². The Balaban J connectivity index is 1.47. The van der Waals surface area contributed by atoms with E-state index in [0.717, 1.165) is 33.7 Å². The van der Waals surface area contributed by atoms with Crippen LogP contribution in [-0.2, 0) is 5.75 Å². The molecule has 0 unspecified atom stereocenters. The first kappa shape index (κ1) is 20.0. The van der Waals surface area contributed by atoms with E-state index >= 15 is 0 Å². The fourth-order valence-corrected chi connectivity index (χ4v) is 3.72. The second kappa shape index (κ2) is 9.00. The van der Waals surface area contributed by atoms with E-state index < -0.39 is 0 Å². The Kier molecular flexibility index (Phi) is 5.99. The predicted octanol–water partition coefficient (Wildman–Crippen LogP) is 4.33. The zero-order valence-corrected chi connectivity index (χ0v) is 17.7. The van der Waals surface area contributed by atoms with E-state index in [0.29, 0.717) is 24.1 Å². The second-order valence-electron chi connectivity index (χ2n) is 6.32. The standard InChI is InChI=1S/C21H21N5O3S/c1-4-28-18-9-5-15(6-10-18)20-22-19(29-25-20)13-30-21-24-23-14(2)26(21)16-7-11-17(27-3)12-8-16/h5-12H,4,13H2,1-3H3. The van der Waals surface area contributed by atoms with Gasteiger partial charge >= 0.3 is 0 Å². The number of ether oxygens (including phenoxy) is 2. The number of hydrogen-bond donors (Lipinski definition) is 0. The van der Waals surface area contributed by atoms with Gasteiger partial charge in [0.2, 0.25) is 11.7 Å². The molecule has 0 bridgehead atoms. The molecule has 4 rings (SSSR count). The van der Waals surface area contributed by atoms with Gasteiger partial charge in [-0.25, -0.2) is 0 Å². The van der Waals surface area contributed by atoms with Gasteiger partial charge in [0, 0.05) is 11.3 Å². The summed E-state index contributed by atoms with van der Waals surface area (Å²) in [4.78, 5) is 4.49. The molecule has 2 heterocycles. The molecule has 30 heavy (non-hydrogen) atoms. The summed E-state index contributed by atoms with van der Waals surface area (Å²) in [5.74, 6) is 3.95. The van der Waals surface area contributed by atoms with E-state index in [1.54, 1.807) is 7.11 Å².